The Morgan fingerprint density at radius 3 is 2.46 bits per heavy atom. The molecule has 2 aromatic heterocycles. The van der Waals surface area contributed by atoms with Crippen molar-refractivity contribution in [3.8, 4) is 0 Å². The van der Waals surface area contributed by atoms with Gasteiger partial charge in [-0.25, -0.2) is 9.97 Å². The van der Waals surface area contributed by atoms with Gasteiger partial charge in [0.2, 0.25) is 5.95 Å². The zero-order chi connectivity index (χ0) is 25.0. The summed E-state index contributed by atoms with van der Waals surface area (Å²) in [4.78, 5) is 19.3. The van der Waals surface area contributed by atoms with E-state index in [0.717, 1.165) is 80.0 Å². The van der Waals surface area contributed by atoms with E-state index in [1.54, 1.807) is 11.8 Å². The number of hydrogen-bond donors (Lipinski definition) is 1. The summed E-state index contributed by atoms with van der Waals surface area (Å²) in [5.41, 5.74) is 5.24. The van der Waals surface area contributed by atoms with Crippen LogP contribution in [0.15, 0.2) is 66.0 Å². The maximum absolute atomic E-state index is 5.65. The van der Waals surface area contributed by atoms with Crippen LogP contribution in [0.3, 0.4) is 0 Å². The molecule has 0 amide bonds. The highest BCUT2D eigenvalue weighted by Crippen LogP contribution is 2.33. The summed E-state index contributed by atoms with van der Waals surface area (Å²) in [6.45, 7) is 5.85. The number of likely N-dealkylation sites (N-methyl/N-ethyl adjacent to an activating group) is 1. The summed E-state index contributed by atoms with van der Waals surface area (Å²) in [7, 11) is 2.18. The Morgan fingerprint density at radius 1 is 0.946 bits per heavy atom. The van der Waals surface area contributed by atoms with Crippen LogP contribution in [0.2, 0.25) is 0 Å². The number of ether oxygens (including phenoxy) is 1. The van der Waals surface area contributed by atoms with Crippen molar-refractivity contribution >= 4 is 40.2 Å². The predicted molar refractivity (Wildman–Crippen MR) is 150 cm³/mol. The molecule has 2 fully saturated rings. The Bertz CT molecular complexity index is 1310. The smallest absolute Gasteiger partial charge is 0.229 e. The van der Waals surface area contributed by atoms with Gasteiger partial charge in [0.1, 0.15) is 5.52 Å². The Hall–Kier alpha value is -3.14. The van der Waals surface area contributed by atoms with E-state index in [4.69, 9.17) is 14.7 Å². The van der Waals surface area contributed by atoms with Gasteiger partial charge in [-0.3, -0.25) is 0 Å². The van der Waals surface area contributed by atoms with E-state index in [9.17, 15) is 0 Å². The number of anilines is 3. The summed E-state index contributed by atoms with van der Waals surface area (Å²) in [5, 5.41) is 4.40. The van der Waals surface area contributed by atoms with Crippen LogP contribution in [0.1, 0.15) is 24.4 Å². The monoisotopic (exact) mass is 515 g/mol. The van der Waals surface area contributed by atoms with Crippen molar-refractivity contribution in [2.45, 2.75) is 29.8 Å². The first kappa shape index (κ1) is 24.2. The van der Waals surface area contributed by atoms with Gasteiger partial charge >= 0.3 is 0 Å². The number of rotatable bonds is 7. The third kappa shape index (κ3) is 5.58. The molecule has 2 saturated heterocycles. The van der Waals surface area contributed by atoms with Gasteiger partial charge in [0.25, 0.3) is 0 Å². The number of nitrogens with one attached hydrogen (secondary N) is 1. The maximum Gasteiger partial charge on any atom is 0.229 e. The Kier molecular flexibility index (Phi) is 7.25. The zero-order valence-corrected chi connectivity index (χ0v) is 22.0. The minimum Gasteiger partial charge on any atom is -0.381 e. The molecule has 0 spiro atoms. The number of benzene rings is 2. The van der Waals surface area contributed by atoms with Crippen LogP contribution in [0, 0.1) is 0 Å². The summed E-state index contributed by atoms with van der Waals surface area (Å²) in [5.74, 6) is 1.46. The number of aromatic nitrogens is 4. The van der Waals surface area contributed by atoms with Crippen molar-refractivity contribution in [1.29, 1.82) is 0 Å². The van der Waals surface area contributed by atoms with Crippen LogP contribution in [0.4, 0.5) is 17.3 Å². The number of imidazole rings is 1. The summed E-state index contributed by atoms with van der Waals surface area (Å²) >= 11 is 1.76. The molecule has 9 heteroatoms. The van der Waals surface area contributed by atoms with Gasteiger partial charge in [0.05, 0.1) is 6.20 Å². The molecule has 4 heterocycles. The number of nitrogens with zero attached hydrogens (tertiary/aromatic N) is 6. The van der Waals surface area contributed by atoms with E-state index in [1.165, 1.54) is 11.3 Å². The summed E-state index contributed by atoms with van der Waals surface area (Å²) in [6.07, 6.45) is 3.77. The predicted octanol–water partition coefficient (Wildman–Crippen LogP) is 4.97. The van der Waals surface area contributed by atoms with Crippen molar-refractivity contribution in [2.24, 2.45) is 0 Å². The molecule has 8 nitrogen and oxygen atoms in total. The van der Waals surface area contributed by atoms with Crippen molar-refractivity contribution in [3.63, 3.8) is 0 Å². The van der Waals surface area contributed by atoms with Crippen LogP contribution in [0.5, 0.6) is 0 Å². The first-order chi connectivity index (χ1) is 18.2. The minimum absolute atomic E-state index is 0.322. The topological polar surface area (TPSA) is 71.3 Å². The molecule has 4 aromatic rings. The van der Waals surface area contributed by atoms with E-state index in [-0.39, 0.29) is 0 Å². The number of piperazine rings is 1. The molecular formula is C28H33N7OS. The highest BCUT2D eigenvalue weighted by Gasteiger charge is 2.24. The first-order valence-corrected chi connectivity index (χ1v) is 14.0. The second-order valence-electron chi connectivity index (χ2n) is 9.75. The lowest BCUT2D eigenvalue weighted by molar-refractivity contribution is 0.0683. The molecule has 2 aliphatic heterocycles. The highest BCUT2D eigenvalue weighted by atomic mass is 32.2. The molecule has 192 valence electrons. The third-order valence-electron chi connectivity index (χ3n) is 7.16. The Labute approximate surface area is 222 Å². The largest absolute Gasteiger partial charge is 0.381 e. The van der Waals surface area contributed by atoms with Gasteiger partial charge in [-0.1, -0.05) is 42.1 Å². The lowest BCUT2D eigenvalue weighted by atomic mass is 10.1. The van der Waals surface area contributed by atoms with Crippen LogP contribution in [0.25, 0.3) is 11.2 Å². The fourth-order valence-electron chi connectivity index (χ4n) is 4.98. The zero-order valence-electron chi connectivity index (χ0n) is 21.2. The molecule has 0 aliphatic carbocycles. The second-order valence-corrected chi connectivity index (χ2v) is 10.7. The quantitative estimate of drug-likeness (QED) is 0.346. The van der Waals surface area contributed by atoms with Gasteiger partial charge < -0.3 is 24.4 Å². The minimum atomic E-state index is 0.322. The fourth-order valence-corrected chi connectivity index (χ4v) is 6.00. The molecule has 6 rings (SSSR count). The van der Waals surface area contributed by atoms with Crippen molar-refractivity contribution in [2.75, 3.05) is 56.7 Å². The van der Waals surface area contributed by atoms with Crippen molar-refractivity contribution in [1.82, 2.24) is 24.4 Å². The SMILES string of the molecule is CN1CCN(c2ccc(Nc3ncc4nc(SCc5ccccc5)n(C5CCOCC5)c4n3)cc2)CC1. The number of hydrogen-bond acceptors (Lipinski definition) is 8. The molecular weight excluding hydrogens is 482 g/mol. The molecule has 2 aliphatic rings. The highest BCUT2D eigenvalue weighted by molar-refractivity contribution is 7.98. The van der Waals surface area contributed by atoms with E-state index in [1.807, 2.05) is 6.20 Å². The van der Waals surface area contributed by atoms with Gasteiger partial charge in [-0.05, 0) is 49.7 Å². The Balaban J connectivity index is 1.24. The molecule has 37 heavy (non-hydrogen) atoms. The lowest BCUT2D eigenvalue weighted by Gasteiger charge is -2.34. The van der Waals surface area contributed by atoms with Crippen molar-refractivity contribution < 1.29 is 4.74 Å². The molecule has 0 unspecified atom stereocenters. The third-order valence-corrected chi connectivity index (χ3v) is 8.18. The summed E-state index contributed by atoms with van der Waals surface area (Å²) < 4.78 is 7.96. The van der Waals surface area contributed by atoms with Crippen LogP contribution in [-0.2, 0) is 10.5 Å². The van der Waals surface area contributed by atoms with Crippen LogP contribution in [-0.4, -0.2) is 70.9 Å². The van der Waals surface area contributed by atoms with E-state index in [2.05, 4.69) is 86.3 Å². The average molecular weight is 516 g/mol. The number of thioether (sulfide) groups is 1. The summed E-state index contributed by atoms with van der Waals surface area (Å²) in [6, 6.07) is 19.4. The van der Waals surface area contributed by atoms with Crippen LogP contribution < -0.4 is 10.2 Å². The fraction of sp³-hybridized carbons (Fsp3) is 0.393. The van der Waals surface area contributed by atoms with Gasteiger partial charge in [-0.15, -0.1) is 0 Å². The molecule has 2 aromatic carbocycles. The second kappa shape index (κ2) is 11.1. The van der Waals surface area contributed by atoms with Crippen LogP contribution >= 0.6 is 11.8 Å². The van der Waals surface area contributed by atoms with Gasteiger partial charge in [0.15, 0.2) is 10.8 Å². The molecule has 0 radical (unpaired) electrons. The Morgan fingerprint density at radius 2 is 1.70 bits per heavy atom. The molecule has 0 atom stereocenters. The molecule has 0 bridgehead atoms. The van der Waals surface area contributed by atoms with E-state index >= 15 is 0 Å². The molecule has 1 N–H and O–H groups in total. The molecule has 0 saturated carbocycles. The van der Waals surface area contributed by atoms with Crippen molar-refractivity contribution in [3.05, 3.63) is 66.4 Å². The first-order valence-electron chi connectivity index (χ1n) is 13.0. The normalized spacial score (nSPS) is 17.4. The lowest BCUT2D eigenvalue weighted by Crippen LogP contribution is -2.44. The van der Waals surface area contributed by atoms with E-state index in [0.29, 0.717) is 12.0 Å². The van der Waals surface area contributed by atoms with E-state index < -0.39 is 0 Å². The standard InChI is InChI=1S/C28H33N7OS/c1-33-13-15-34(16-14-33)23-9-7-22(8-10-23)30-27-29-19-25-26(32-27)35(24-11-17-36-18-12-24)28(31-25)37-20-21-5-3-2-4-6-21/h2-10,19,24H,11-18,20H2,1H3,(H,29,30,32). The van der Waals surface area contributed by atoms with Gasteiger partial charge in [0, 0.05) is 62.6 Å². The maximum atomic E-state index is 5.65. The average Bonchev–Trinajstić information content (AvgIpc) is 3.31. The van der Waals surface area contributed by atoms with Gasteiger partial charge in [-0.2, -0.15) is 4.98 Å². The number of fused-ring (bicyclic) bond motifs is 1.